The Bertz CT molecular complexity index is 721. The number of ether oxygens (including phenoxy) is 1. The maximum absolute atomic E-state index is 12.0. The van der Waals surface area contributed by atoms with Crippen LogP contribution in [-0.4, -0.2) is 23.5 Å². The van der Waals surface area contributed by atoms with Gasteiger partial charge in [0.05, 0.1) is 11.6 Å². The highest BCUT2D eigenvalue weighted by atomic mass is 79.9. The molecule has 3 N–H and O–H groups in total. The van der Waals surface area contributed by atoms with E-state index < -0.39 is 0 Å². The summed E-state index contributed by atoms with van der Waals surface area (Å²) in [6, 6.07) is 7.32. The summed E-state index contributed by atoms with van der Waals surface area (Å²) in [5.41, 5.74) is 7.58. The maximum atomic E-state index is 12.0. The van der Waals surface area contributed by atoms with Gasteiger partial charge in [-0.3, -0.25) is 4.79 Å². The van der Waals surface area contributed by atoms with E-state index in [1.165, 1.54) is 0 Å². The van der Waals surface area contributed by atoms with Gasteiger partial charge in [-0.1, -0.05) is 33.6 Å². The average molecular weight is 411 g/mol. The Morgan fingerprint density at radius 3 is 2.96 bits per heavy atom. The molecule has 0 saturated carbocycles. The molecule has 126 valence electrons. The molecule has 0 aliphatic carbocycles. The van der Waals surface area contributed by atoms with Crippen LogP contribution in [0, 0.1) is 0 Å². The van der Waals surface area contributed by atoms with Crippen LogP contribution in [0.25, 0.3) is 0 Å². The van der Waals surface area contributed by atoms with Gasteiger partial charge in [-0.25, -0.2) is 4.98 Å². The molecule has 1 atom stereocenters. The van der Waals surface area contributed by atoms with Gasteiger partial charge in [-0.15, -0.1) is 0 Å². The van der Waals surface area contributed by atoms with Crippen molar-refractivity contribution in [1.29, 1.82) is 0 Å². The fourth-order valence-electron chi connectivity index (χ4n) is 2.60. The van der Waals surface area contributed by atoms with E-state index in [9.17, 15) is 4.79 Å². The van der Waals surface area contributed by atoms with Gasteiger partial charge in [0.1, 0.15) is 17.7 Å². The van der Waals surface area contributed by atoms with E-state index in [1.807, 2.05) is 12.1 Å². The zero-order chi connectivity index (χ0) is 17.1. The van der Waals surface area contributed by atoms with Crippen LogP contribution in [0.4, 0.5) is 5.82 Å². The predicted molar refractivity (Wildman–Crippen MR) is 97.3 cm³/mol. The number of aryl methyl sites for hydroxylation is 1. The third kappa shape index (κ3) is 3.99. The SMILES string of the molecule is Nc1ccc(CCC(=O)NCC2Cc3c(Br)ccc(Cl)c3O2)cn1. The Hall–Kier alpha value is -1.79. The van der Waals surface area contributed by atoms with Gasteiger partial charge < -0.3 is 15.8 Å². The van der Waals surface area contributed by atoms with Crippen LogP contribution < -0.4 is 15.8 Å². The minimum absolute atomic E-state index is 0.0171. The van der Waals surface area contributed by atoms with Crippen LogP contribution >= 0.6 is 27.5 Å². The molecule has 1 amide bonds. The number of pyridine rings is 1. The number of halogens is 2. The number of fused-ring (bicyclic) bond motifs is 1. The van der Waals surface area contributed by atoms with E-state index in [1.54, 1.807) is 18.3 Å². The molecule has 1 aromatic heterocycles. The molecule has 1 aromatic carbocycles. The lowest BCUT2D eigenvalue weighted by molar-refractivity contribution is -0.121. The summed E-state index contributed by atoms with van der Waals surface area (Å²) in [4.78, 5) is 16.0. The summed E-state index contributed by atoms with van der Waals surface area (Å²) >= 11 is 9.65. The molecule has 5 nitrogen and oxygen atoms in total. The van der Waals surface area contributed by atoms with E-state index in [4.69, 9.17) is 22.1 Å². The maximum Gasteiger partial charge on any atom is 0.220 e. The van der Waals surface area contributed by atoms with Crippen molar-refractivity contribution in [3.05, 3.63) is 51.1 Å². The van der Waals surface area contributed by atoms with Crippen molar-refractivity contribution in [2.45, 2.75) is 25.4 Å². The van der Waals surface area contributed by atoms with Crippen molar-refractivity contribution in [3.8, 4) is 5.75 Å². The van der Waals surface area contributed by atoms with Gasteiger partial charge in [0.15, 0.2) is 0 Å². The van der Waals surface area contributed by atoms with Crippen molar-refractivity contribution in [2.24, 2.45) is 0 Å². The number of benzene rings is 1. The van der Waals surface area contributed by atoms with E-state index in [0.29, 0.717) is 36.0 Å². The first-order valence-corrected chi connectivity index (χ1v) is 8.80. The molecule has 0 radical (unpaired) electrons. The first kappa shape index (κ1) is 17.0. The number of nitrogens with one attached hydrogen (secondary N) is 1. The van der Waals surface area contributed by atoms with Gasteiger partial charge in [0.25, 0.3) is 0 Å². The zero-order valence-corrected chi connectivity index (χ0v) is 15.2. The quantitative estimate of drug-likeness (QED) is 0.794. The first-order chi connectivity index (χ1) is 11.5. The van der Waals surface area contributed by atoms with Crippen LogP contribution in [0.5, 0.6) is 5.75 Å². The van der Waals surface area contributed by atoms with Gasteiger partial charge >= 0.3 is 0 Å². The monoisotopic (exact) mass is 409 g/mol. The van der Waals surface area contributed by atoms with E-state index in [-0.39, 0.29) is 12.0 Å². The van der Waals surface area contributed by atoms with Gasteiger partial charge in [-0.05, 0) is 30.2 Å². The third-order valence-electron chi connectivity index (χ3n) is 3.89. The van der Waals surface area contributed by atoms with Gasteiger partial charge in [0.2, 0.25) is 5.91 Å². The Labute approximate surface area is 153 Å². The highest BCUT2D eigenvalue weighted by molar-refractivity contribution is 9.10. The van der Waals surface area contributed by atoms with Crippen LogP contribution in [-0.2, 0) is 17.6 Å². The number of hydrogen-bond donors (Lipinski definition) is 2. The molecule has 2 aromatic rings. The number of carbonyl (C=O) groups excluding carboxylic acids is 1. The predicted octanol–water partition coefficient (Wildman–Crippen LogP) is 3.13. The number of nitrogens with two attached hydrogens (primary N) is 1. The summed E-state index contributed by atoms with van der Waals surface area (Å²) in [5.74, 6) is 1.17. The number of nitrogen functional groups attached to an aromatic ring is 1. The van der Waals surface area contributed by atoms with Crippen LogP contribution in [0.1, 0.15) is 17.5 Å². The molecular formula is C17H17BrClN3O2. The van der Waals surface area contributed by atoms with Gasteiger partial charge in [-0.2, -0.15) is 0 Å². The average Bonchev–Trinajstić information content (AvgIpc) is 3.01. The smallest absolute Gasteiger partial charge is 0.220 e. The highest BCUT2D eigenvalue weighted by Gasteiger charge is 2.27. The molecule has 2 heterocycles. The molecule has 1 aliphatic heterocycles. The van der Waals surface area contributed by atoms with E-state index >= 15 is 0 Å². The first-order valence-electron chi connectivity index (χ1n) is 7.63. The Balaban J connectivity index is 1.47. The van der Waals surface area contributed by atoms with Crippen molar-refractivity contribution < 1.29 is 9.53 Å². The third-order valence-corrected chi connectivity index (χ3v) is 4.93. The number of hydrogen-bond acceptors (Lipinski definition) is 4. The van der Waals surface area contributed by atoms with Crippen molar-refractivity contribution >= 4 is 39.3 Å². The zero-order valence-electron chi connectivity index (χ0n) is 12.9. The second kappa shape index (κ2) is 7.40. The number of aromatic nitrogens is 1. The number of carbonyl (C=O) groups is 1. The summed E-state index contributed by atoms with van der Waals surface area (Å²) in [7, 11) is 0. The second-order valence-corrected chi connectivity index (χ2v) is 6.94. The molecular weight excluding hydrogens is 394 g/mol. The minimum Gasteiger partial charge on any atom is -0.486 e. The van der Waals surface area contributed by atoms with Crippen LogP contribution in [0.2, 0.25) is 5.02 Å². The molecule has 24 heavy (non-hydrogen) atoms. The highest BCUT2D eigenvalue weighted by Crippen LogP contribution is 2.40. The van der Waals surface area contributed by atoms with Crippen molar-refractivity contribution in [3.63, 3.8) is 0 Å². The number of nitrogens with zero attached hydrogens (tertiary/aromatic N) is 1. The molecule has 7 heteroatoms. The lowest BCUT2D eigenvalue weighted by Crippen LogP contribution is -2.34. The lowest BCUT2D eigenvalue weighted by Gasteiger charge is -2.12. The Kier molecular flexibility index (Phi) is 5.26. The molecule has 1 aliphatic rings. The van der Waals surface area contributed by atoms with Gasteiger partial charge in [0, 0.05) is 29.1 Å². The Morgan fingerprint density at radius 1 is 1.42 bits per heavy atom. The topological polar surface area (TPSA) is 77.2 Å². The molecule has 0 spiro atoms. The molecule has 0 fully saturated rings. The number of anilines is 1. The largest absolute Gasteiger partial charge is 0.486 e. The van der Waals surface area contributed by atoms with Crippen molar-refractivity contribution in [2.75, 3.05) is 12.3 Å². The number of rotatable bonds is 5. The summed E-state index contributed by atoms with van der Waals surface area (Å²) < 4.78 is 6.82. The van der Waals surface area contributed by atoms with Crippen LogP contribution in [0.3, 0.4) is 0 Å². The fourth-order valence-corrected chi connectivity index (χ4v) is 3.30. The normalized spacial score (nSPS) is 15.7. The van der Waals surface area contributed by atoms with E-state index in [2.05, 4.69) is 26.2 Å². The van der Waals surface area contributed by atoms with E-state index in [0.717, 1.165) is 22.0 Å². The lowest BCUT2D eigenvalue weighted by atomic mass is 10.1. The molecule has 1 unspecified atom stereocenters. The van der Waals surface area contributed by atoms with Crippen LogP contribution in [0.15, 0.2) is 34.9 Å². The summed E-state index contributed by atoms with van der Waals surface area (Å²) in [6.07, 6.45) is 3.34. The Morgan fingerprint density at radius 2 is 2.25 bits per heavy atom. The fraction of sp³-hybridized carbons (Fsp3) is 0.294. The molecule has 0 bridgehead atoms. The van der Waals surface area contributed by atoms with Crippen molar-refractivity contribution in [1.82, 2.24) is 10.3 Å². The summed E-state index contributed by atoms with van der Waals surface area (Å²) in [6.45, 7) is 0.455. The molecule has 3 rings (SSSR count). The second-order valence-electron chi connectivity index (χ2n) is 5.68. The summed E-state index contributed by atoms with van der Waals surface area (Å²) in [5, 5.41) is 3.51. The molecule has 0 saturated heterocycles. The standard InChI is InChI=1S/C17H17BrClN3O2/c18-13-3-4-14(19)17-12(13)7-11(24-17)9-22-16(23)6-2-10-1-5-15(20)21-8-10/h1,3-5,8,11H,2,6-7,9H2,(H2,20,21)(H,22,23). The number of amides is 1. The minimum atomic E-state index is -0.0988.